The van der Waals surface area contributed by atoms with Gasteiger partial charge in [-0.2, -0.15) is 0 Å². The number of hydrogen-bond acceptors (Lipinski definition) is 2. The quantitative estimate of drug-likeness (QED) is 0.438. The molecule has 1 aromatic rings. The normalized spacial score (nSPS) is 9.71. The maximum atomic E-state index is 5.42. The summed E-state index contributed by atoms with van der Waals surface area (Å²) in [5, 5.41) is 1.02. The summed E-state index contributed by atoms with van der Waals surface area (Å²) < 4.78 is 5.42. The average Bonchev–Trinajstić information content (AvgIpc) is 2.38. The Morgan fingerprint density at radius 3 is 2.94 bits per heavy atom. The molecule has 3 heteroatoms. The number of nitrogens with zero attached hydrogens (tertiary/aromatic N) is 1. The summed E-state index contributed by atoms with van der Waals surface area (Å²) in [6.45, 7) is 1.30. The van der Waals surface area contributed by atoms with E-state index in [1.165, 1.54) is 0 Å². The smallest absolute Gasteiger partial charge is 0.107 e. The summed E-state index contributed by atoms with van der Waals surface area (Å²) >= 11 is 3.37. The van der Waals surface area contributed by atoms with Gasteiger partial charge in [0, 0.05) is 30.2 Å². The lowest BCUT2D eigenvalue weighted by molar-refractivity contribution is 0.164. The molecule has 0 unspecified atom stereocenters. The van der Waals surface area contributed by atoms with Gasteiger partial charge < -0.3 is 4.74 Å². The van der Waals surface area contributed by atoms with Crippen molar-refractivity contribution in [2.24, 2.45) is 0 Å². The van der Waals surface area contributed by atoms with E-state index in [4.69, 9.17) is 4.74 Å². The Hall–Kier alpha value is -0.850. The van der Waals surface area contributed by atoms with Crippen LogP contribution in [0.5, 0.6) is 0 Å². The molecule has 0 amide bonds. The number of aryl methyl sites for hydroxylation is 1. The van der Waals surface area contributed by atoms with E-state index in [0.29, 0.717) is 6.61 Å². The predicted molar refractivity (Wildman–Crippen MR) is 74.2 cm³/mol. The van der Waals surface area contributed by atoms with Crippen LogP contribution >= 0.6 is 15.9 Å². The average molecular weight is 296 g/mol. The molecule has 0 aromatic carbocycles. The topological polar surface area (TPSA) is 22.1 Å². The van der Waals surface area contributed by atoms with Crippen molar-refractivity contribution in [2.75, 3.05) is 18.5 Å². The standard InChI is InChI=1S/C14H18BrNO/c15-10-4-1-2-6-12-17-13-7-9-14-8-3-5-11-16-14/h3,5,8,11H,1,4,7,9-10,12-13H2. The van der Waals surface area contributed by atoms with Gasteiger partial charge in [0.1, 0.15) is 6.61 Å². The van der Waals surface area contributed by atoms with Crippen LogP contribution in [0.1, 0.15) is 25.0 Å². The van der Waals surface area contributed by atoms with E-state index in [0.717, 1.165) is 43.3 Å². The highest BCUT2D eigenvalue weighted by molar-refractivity contribution is 9.09. The Balaban J connectivity index is 1.96. The molecule has 0 aliphatic rings. The zero-order valence-corrected chi connectivity index (χ0v) is 11.6. The van der Waals surface area contributed by atoms with Crippen molar-refractivity contribution >= 4 is 15.9 Å². The van der Waals surface area contributed by atoms with Crippen molar-refractivity contribution in [2.45, 2.75) is 25.7 Å². The van der Waals surface area contributed by atoms with E-state index in [-0.39, 0.29) is 0 Å². The van der Waals surface area contributed by atoms with Gasteiger partial charge in [-0.05, 0) is 31.4 Å². The number of rotatable bonds is 7. The molecule has 0 saturated heterocycles. The summed E-state index contributed by atoms with van der Waals surface area (Å²) in [7, 11) is 0. The molecule has 17 heavy (non-hydrogen) atoms. The Kier molecular flexibility index (Phi) is 8.62. The van der Waals surface area contributed by atoms with Crippen molar-refractivity contribution < 1.29 is 4.74 Å². The molecule has 0 aliphatic heterocycles. The third kappa shape index (κ3) is 7.95. The Bertz CT molecular complexity index is 342. The van der Waals surface area contributed by atoms with Gasteiger partial charge in [-0.25, -0.2) is 0 Å². The van der Waals surface area contributed by atoms with Crippen LogP contribution < -0.4 is 0 Å². The monoisotopic (exact) mass is 295 g/mol. The zero-order valence-electron chi connectivity index (χ0n) is 9.99. The molecule has 2 nitrogen and oxygen atoms in total. The van der Waals surface area contributed by atoms with E-state index >= 15 is 0 Å². The maximum Gasteiger partial charge on any atom is 0.107 e. The van der Waals surface area contributed by atoms with E-state index < -0.39 is 0 Å². The van der Waals surface area contributed by atoms with E-state index in [2.05, 4.69) is 32.8 Å². The summed E-state index contributed by atoms with van der Waals surface area (Å²) in [6.07, 6.45) is 5.85. The predicted octanol–water partition coefficient (Wildman–Crippen LogP) is 3.21. The fourth-order valence-corrected chi connectivity index (χ4v) is 1.60. The Morgan fingerprint density at radius 1 is 1.24 bits per heavy atom. The van der Waals surface area contributed by atoms with Crippen molar-refractivity contribution in [1.82, 2.24) is 4.98 Å². The number of unbranched alkanes of at least 4 members (excludes halogenated alkanes) is 1. The van der Waals surface area contributed by atoms with Gasteiger partial charge in [0.05, 0.1) is 0 Å². The molecule has 0 radical (unpaired) electrons. The number of pyridine rings is 1. The highest BCUT2D eigenvalue weighted by Crippen LogP contribution is 1.98. The van der Waals surface area contributed by atoms with Crippen LogP contribution in [0.25, 0.3) is 0 Å². The third-order valence-corrected chi connectivity index (χ3v) is 2.74. The minimum Gasteiger partial charge on any atom is -0.369 e. The fraction of sp³-hybridized carbons (Fsp3) is 0.500. The summed E-state index contributed by atoms with van der Waals surface area (Å²) in [5.74, 6) is 6.09. The van der Waals surface area contributed by atoms with Crippen LogP contribution in [-0.4, -0.2) is 23.5 Å². The molecule has 1 aromatic heterocycles. The van der Waals surface area contributed by atoms with E-state index in [1.807, 2.05) is 24.4 Å². The van der Waals surface area contributed by atoms with Gasteiger partial charge >= 0.3 is 0 Å². The second-order valence-electron chi connectivity index (χ2n) is 3.62. The van der Waals surface area contributed by atoms with Gasteiger partial charge in [0.25, 0.3) is 0 Å². The second-order valence-corrected chi connectivity index (χ2v) is 4.42. The first-order chi connectivity index (χ1) is 8.43. The van der Waals surface area contributed by atoms with Crippen molar-refractivity contribution in [3.05, 3.63) is 30.1 Å². The number of aromatic nitrogens is 1. The van der Waals surface area contributed by atoms with Crippen LogP contribution in [0.3, 0.4) is 0 Å². The molecular formula is C14H18BrNO. The minimum atomic E-state index is 0.546. The molecule has 1 heterocycles. The van der Waals surface area contributed by atoms with Crippen LogP contribution in [0, 0.1) is 11.8 Å². The van der Waals surface area contributed by atoms with E-state index in [9.17, 15) is 0 Å². The fourth-order valence-electron chi connectivity index (χ4n) is 1.32. The van der Waals surface area contributed by atoms with Gasteiger partial charge in [-0.1, -0.05) is 27.9 Å². The molecule has 0 atom stereocenters. The SMILES string of the molecule is BrCCCC#CCOCCCc1ccccn1. The first kappa shape index (κ1) is 14.2. The number of alkyl halides is 1. The lowest BCUT2D eigenvalue weighted by atomic mass is 10.2. The molecule has 0 saturated carbocycles. The van der Waals surface area contributed by atoms with Gasteiger partial charge in [-0.15, -0.1) is 5.92 Å². The molecule has 0 N–H and O–H groups in total. The van der Waals surface area contributed by atoms with Crippen LogP contribution in [0.2, 0.25) is 0 Å². The largest absolute Gasteiger partial charge is 0.369 e. The first-order valence-corrected chi connectivity index (χ1v) is 7.05. The van der Waals surface area contributed by atoms with Gasteiger partial charge in [0.15, 0.2) is 0 Å². The number of halogens is 1. The van der Waals surface area contributed by atoms with Crippen molar-refractivity contribution in [1.29, 1.82) is 0 Å². The van der Waals surface area contributed by atoms with Crippen LogP contribution in [0.4, 0.5) is 0 Å². The van der Waals surface area contributed by atoms with Gasteiger partial charge in [0.2, 0.25) is 0 Å². The number of hydrogen-bond donors (Lipinski definition) is 0. The first-order valence-electron chi connectivity index (χ1n) is 5.93. The molecule has 92 valence electrons. The highest BCUT2D eigenvalue weighted by atomic mass is 79.9. The van der Waals surface area contributed by atoms with Crippen molar-refractivity contribution in [3.8, 4) is 11.8 Å². The van der Waals surface area contributed by atoms with Crippen molar-refractivity contribution in [3.63, 3.8) is 0 Å². The molecular weight excluding hydrogens is 278 g/mol. The third-order valence-electron chi connectivity index (χ3n) is 2.18. The van der Waals surface area contributed by atoms with E-state index in [1.54, 1.807) is 0 Å². The lowest BCUT2D eigenvalue weighted by Crippen LogP contribution is -1.98. The molecule has 0 spiro atoms. The highest BCUT2D eigenvalue weighted by Gasteiger charge is 1.92. The summed E-state index contributed by atoms with van der Waals surface area (Å²) in [6, 6.07) is 5.99. The molecule has 0 aliphatic carbocycles. The Morgan fingerprint density at radius 2 is 2.18 bits per heavy atom. The van der Waals surface area contributed by atoms with Gasteiger partial charge in [-0.3, -0.25) is 4.98 Å². The molecule has 0 fully saturated rings. The molecule has 1 rings (SSSR count). The van der Waals surface area contributed by atoms with Crippen LogP contribution in [-0.2, 0) is 11.2 Å². The van der Waals surface area contributed by atoms with Crippen LogP contribution in [0.15, 0.2) is 24.4 Å². The summed E-state index contributed by atoms with van der Waals surface area (Å²) in [5.41, 5.74) is 1.12. The Labute approximate surface area is 112 Å². The maximum absolute atomic E-state index is 5.42. The lowest BCUT2D eigenvalue weighted by Gasteiger charge is -2.00. The molecule has 0 bridgehead atoms. The zero-order chi connectivity index (χ0) is 12.2. The summed E-state index contributed by atoms with van der Waals surface area (Å²) in [4.78, 5) is 4.26. The second kappa shape index (κ2) is 10.3. The number of ether oxygens (including phenoxy) is 1. The minimum absolute atomic E-state index is 0.546.